The Balaban J connectivity index is 2.01. The first-order valence-corrected chi connectivity index (χ1v) is 6.03. The summed E-state index contributed by atoms with van der Waals surface area (Å²) in [6.45, 7) is 7.06. The van der Waals surface area contributed by atoms with E-state index in [0.29, 0.717) is 0 Å². The Morgan fingerprint density at radius 1 is 1.06 bits per heavy atom. The number of rotatable bonds is 6. The topological polar surface area (TPSA) is 21.3 Å². The van der Waals surface area contributed by atoms with E-state index in [1.54, 1.807) is 0 Å². The van der Waals surface area contributed by atoms with Crippen molar-refractivity contribution >= 4 is 0 Å². The lowest BCUT2D eigenvalue weighted by atomic mass is 10.1. The van der Waals surface area contributed by atoms with Gasteiger partial charge in [0.25, 0.3) is 0 Å². The van der Waals surface area contributed by atoms with Gasteiger partial charge in [-0.05, 0) is 45.6 Å². The van der Waals surface area contributed by atoms with Gasteiger partial charge >= 0.3 is 0 Å². The lowest BCUT2D eigenvalue weighted by Crippen LogP contribution is -2.29. The predicted molar refractivity (Wildman–Crippen MR) is 68.2 cm³/mol. The third kappa shape index (κ3) is 6.59. The number of benzene rings is 1. The molecule has 16 heavy (non-hydrogen) atoms. The van der Waals surface area contributed by atoms with Crippen molar-refractivity contribution in [3.05, 3.63) is 35.9 Å². The molecule has 0 amide bonds. The van der Waals surface area contributed by atoms with E-state index in [9.17, 15) is 0 Å². The monoisotopic (exact) mass is 221 g/mol. The van der Waals surface area contributed by atoms with Crippen molar-refractivity contribution in [3.63, 3.8) is 0 Å². The maximum Gasteiger partial charge on any atom is 0.0812 e. The predicted octanol–water partition coefficient (Wildman–Crippen LogP) is 3.33. The van der Waals surface area contributed by atoms with Gasteiger partial charge in [-0.25, -0.2) is 5.48 Å². The minimum atomic E-state index is -0.0978. The minimum absolute atomic E-state index is 0.0978. The molecule has 0 aliphatic heterocycles. The molecule has 0 aromatic heterocycles. The zero-order valence-electron chi connectivity index (χ0n) is 10.6. The molecule has 0 aliphatic rings. The highest BCUT2D eigenvalue weighted by atomic mass is 16.7. The number of nitrogens with one attached hydrogen (secondary N) is 1. The van der Waals surface area contributed by atoms with Crippen LogP contribution in [-0.4, -0.2) is 12.1 Å². The molecule has 0 bridgehead atoms. The van der Waals surface area contributed by atoms with Gasteiger partial charge in [0.15, 0.2) is 0 Å². The van der Waals surface area contributed by atoms with Crippen molar-refractivity contribution < 1.29 is 4.84 Å². The van der Waals surface area contributed by atoms with E-state index in [4.69, 9.17) is 4.84 Å². The summed E-state index contributed by atoms with van der Waals surface area (Å²) in [4.78, 5) is 5.43. The Labute approximate surface area is 99.0 Å². The number of hydroxylamine groups is 1. The Hall–Kier alpha value is -0.860. The van der Waals surface area contributed by atoms with Gasteiger partial charge in [0.1, 0.15) is 0 Å². The second-order valence-corrected chi connectivity index (χ2v) is 5.05. The van der Waals surface area contributed by atoms with Crippen LogP contribution in [0.2, 0.25) is 0 Å². The third-order valence-corrected chi connectivity index (χ3v) is 2.22. The van der Waals surface area contributed by atoms with Crippen molar-refractivity contribution in [1.82, 2.24) is 5.48 Å². The van der Waals surface area contributed by atoms with Gasteiger partial charge in [0.2, 0.25) is 0 Å². The summed E-state index contributed by atoms with van der Waals surface area (Å²) in [6.07, 6.45) is 3.49. The van der Waals surface area contributed by atoms with E-state index in [-0.39, 0.29) is 5.60 Å². The minimum Gasteiger partial charge on any atom is -0.296 e. The molecule has 90 valence electrons. The fourth-order valence-corrected chi connectivity index (χ4v) is 1.44. The van der Waals surface area contributed by atoms with E-state index >= 15 is 0 Å². The lowest BCUT2D eigenvalue weighted by molar-refractivity contribution is -0.0725. The molecule has 0 fully saturated rings. The summed E-state index contributed by atoms with van der Waals surface area (Å²) in [5.41, 5.74) is 4.33. The van der Waals surface area contributed by atoms with E-state index in [1.165, 1.54) is 12.0 Å². The standard InChI is InChI=1S/C14H23NO/c1-14(2,3)16-15-12-8-7-11-13-9-5-4-6-10-13/h4-6,9-10,15H,7-8,11-12H2,1-3H3. The second kappa shape index (κ2) is 6.66. The van der Waals surface area contributed by atoms with Gasteiger partial charge < -0.3 is 0 Å². The van der Waals surface area contributed by atoms with Gasteiger partial charge in [-0.2, -0.15) is 0 Å². The van der Waals surface area contributed by atoms with E-state index in [0.717, 1.165) is 19.4 Å². The van der Waals surface area contributed by atoms with Gasteiger partial charge in [-0.3, -0.25) is 4.84 Å². The molecule has 1 N–H and O–H groups in total. The van der Waals surface area contributed by atoms with Crippen molar-refractivity contribution in [2.45, 2.75) is 45.6 Å². The van der Waals surface area contributed by atoms with Crippen LogP contribution in [0.3, 0.4) is 0 Å². The van der Waals surface area contributed by atoms with Gasteiger partial charge in [0, 0.05) is 6.54 Å². The zero-order chi connectivity index (χ0) is 11.9. The normalized spacial score (nSPS) is 11.7. The molecule has 0 radical (unpaired) electrons. The summed E-state index contributed by atoms with van der Waals surface area (Å²) in [6, 6.07) is 10.6. The smallest absolute Gasteiger partial charge is 0.0812 e. The SMILES string of the molecule is CC(C)(C)ONCCCCc1ccccc1. The second-order valence-electron chi connectivity index (χ2n) is 5.05. The number of hydrogen-bond acceptors (Lipinski definition) is 2. The van der Waals surface area contributed by atoms with Gasteiger partial charge in [0.05, 0.1) is 5.60 Å². The molecule has 1 aromatic rings. The van der Waals surface area contributed by atoms with Crippen LogP contribution >= 0.6 is 0 Å². The lowest BCUT2D eigenvalue weighted by Gasteiger charge is -2.19. The largest absolute Gasteiger partial charge is 0.296 e. The quantitative estimate of drug-likeness (QED) is 0.587. The zero-order valence-corrected chi connectivity index (χ0v) is 10.6. The summed E-state index contributed by atoms with van der Waals surface area (Å²) >= 11 is 0. The number of hydrogen-bond donors (Lipinski definition) is 1. The first-order chi connectivity index (χ1) is 7.58. The Morgan fingerprint density at radius 3 is 2.38 bits per heavy atom. The fourth-order valence-electron chi connectivity index (χ4n) is 1.44. The molecule has 0 unspecified atom stereocenters. The summed E-state index contributed by atoms with van der Waals surface area (Å²) in [7, 11) is 0. The third-order valence-electron chi connectivity index (χ3n) is 2.22. The molecule has 0 saturated carbocycles. The van der Waals surface area contributed by atoms with Crippen molar-refractivity contribution in [3.8, 4) is 0 Å². The van der Waals surface area contributed by atoms with E-state index in [2.05, 4.69) is 35.8 Å². The van der Waals surface area contributed by atoms with Crippen LogP contribution < -0.4 is 5.48 Å². The molecule has 0 atom stereocenters. The Morgan fingerprint density at radius 2 is 1.75 bits per heavy atom. The summed E-state index contributed by atoms with van der Waals surface area (Å²) in [5.74, 6) is 0. The fraction of sp³-hybridized carbons (Fsp3) is 0.571. The molecule has 1 aromatic carbocycles. The number of aryl methyl sites for hydroxylation is 1. The Bertz CT molecular complexity index is 277. The van der Waals surface area contributed by atoms with E-state index in [1.807, 2.05) is 20.8 Å². The molecule has 2 nitrogen and oxygen atoms in total. The van der Waals surface area contributed by atoms with E-state index < -0.39 is 0 Å². The highest BCUT2D eigenvalue weighted by Crippen LogP contribution is 2.05. The first-order valence-electron chi connectivity index (χ1n) is 6.03. The van der Waals surface area contributed by atoms with Crippen LogP contribution in [0.25, 0.3) is 0 Å². The van der Waals surface area contributed by atoms with Crippen molar-refractivity contribution in [1.29, 1.82) is 0 Å². The molecule has 0 aliphatic carbocycles. The molecule has 2 heteroatoms. The molecule has 0 heterocycles. The highest BCUT2D eigenvalue weighted by Gasteiger charge is 2.08. The molecular weight excluding hydrogens is 198 g/mol. The van der Waals surface area contributed by atoms with Crippen LogP contribution in [-0.2, 0) is 11.3 Å². The van der Waals surface area contributed by atoms with Crippen LogP contribution in [0.5, 0.6) is 0 Å². The van der Waals surface area contributed by atoms with Crippen LogP contribution in [0.15, 0.2) is 30.3 Å². The average molecular weight is 221 g/mol. The first kappa shape index (κ1) is 13.2. The molecule has 1 rings (SSSR count). The van der Waals surface area contributed by atoms with Crippen molar-refractivity contribution in [2.24, 2.45) is 0 Å². The molecule has 0 spiro atoms. The van der Waals surface area contributed by atoms with Gasteiger partial charge in [-0.1, -0.05) is 30.3 Å². The van der Waals surface area contributed by atoms with Crippen molar-refractivity contribution in [2.75, 3.05) is 6.54 Å². The Kier molecular flexibility index (Phi) is 5.50. The van der Waals surface area contributed by atoms with Crippen LogP contribution in [0.4, 0.5) is 0 Å². The number of unbranched alkanes of at least 4 members (excludes halogenated alkanes) is 1. The summed E-state index contributed by atoms with van der Waals surface area (Å²) < 4.78 is 0. The highest BCUT2D eigenvalue weighted by molar-refractivity contribution is 5.14. The maximum absolute atomic E-state index is 5.43. The molecule has 0 saturated heterocycles. The average Bonchev–Trinajstić information content (AvgIpc) is 2.23. The summed E-state index contributed by atoms with van der Waals surface area (Å²) in [5, 5.41) is 0. The maximum atomic E-state index is 5.43. The van der Waals surface area contributed by atoms with Crippen LogP contribution in [0.1, 0.15) is 39.2 Å². The van der Waals surface area contributed by atoms with Gasteiger partial charge in [-0.15, -0.1) is 0 Å². The van der Waals surface area contributed by atoms with Crippen LogP contribution in [0, 0.1) is 0 Å². The molecular formula is C14H23NO.